The highest BCUT2D eigenvalue weighted by Crippen LogP contribution is 2.31. The average Bonchev–Trinajstić information content (AvgIpc) is 2.78. The molecule has 164 valence electrons. The highest BCUT2D eigenvalue weighted by atomic mass is 35.5. The largest absolute Gasteiger partial charge is 0.326 e. The van der Waals surface area contributed by atoms with Crippen molar-refractivity contribution in [3.8, 4) is 0 Å². The number of amides is 2. The lowest BCUT2D eigenvalue weighted by Crippen LogP contribution is -2.36. The molecule has 2 aromatic carbocycles. The van der Waals surface area contributed by atoms with Crippen LogP contribution >= 0.6 is 23.4 Å². The fourth-order valence-corrected chi connectivity index (χ4v) is 4.37. The molecule has 3 N–H and O–H groups in total. The summed E-state index contributed by atoms with van der Waals surface area (Å²) < 4.78 is 0. The first kappa shape index (κ1) is 22.1. The number of rotatable bonds is 6. The van der Waals surface area contributed by atoms with Crippen molar-refractivity contribution in [2.45, 2.75) is 36.6 Å². The molecule has 0 spiro atoms. The van der Waals surface area contributed by atoms with Gasteiger partial charge in [-0.05, 0) is 41.8 Å². The zero-order valence-electron chi connectivity index (χ0n) is 17.3. The molecule has 1 aliphatic rings. The van der Waals surface area contributed by atoms with Crippen LogP contribution in [0.25, 0.3) is 0 Å². The number of hydrogen-bond acceptors (Lipinski definition) is 5. The van der Waals surface area contributed by atoms with Crippen LogP contribution in [0.1, 0.15) is 36.0 Å². The number of carbonyl (C=O) groups excluding carboxylic acids is 2. The van der Waals surface area contributed by atoms with Crippen molar-refractivity contribution in [2.75, 3.05) is 10.6 Å². The summed E-state index contributed by atoms with van der Waals surface area (Å²) in [5.74, 6) is -1.00. The van der Waals surface area contributed by atoms with Crippen LogP contribution in [0.2, 0.25) is 5.02 Å². The van der Waals surface area contributed by atoms with E-state index in [9.17, 15) is 14.4 Å². The Balaban J connectivity index is 1.54. The predicted molar refractivity (Wildman–Crippen MR) is 126 cm³/mol. The number of nitrogens with one attached hydrogen (secondary N) is 3. The van der Waals surface area contributed by atoms with E-state index in [-0.39, 0.29) is 23.7 Å². The van der Waals surface area contributed by atoms with E-state index in [0.717, 1.165) is 17.5 Å². The van der Waals surface area contributed by atoms with Crippen LogP contribution in [0.15, 0.2) is 58.5 Å². The van der Waals surface area contributed by atoms with Gasteiger partial charge in [-0.1, -0.05) is 54.6 Å². The predicted octanol–water partition coefficient (Wildman–Crippen LogP) is 4.34. The molecule has 1 aliphatic heterocycles. The number of aryl methyl sites for hydroxylation is 1. The van der Waals surface area contributed by atoms with Crippen molar-refractivity contribution < 1.29 is 9.59 Å². The lowest BCUT2D eigenvalue weighted by atomic mass is 9.92. The number of aromatic amines is 1. The number of halogens is 1. The molecule has 1 unspecified atom stereocenters. The van der Waals surface area contributed by atoms with Gasteiger partial charge >= 0.3 is 0 Å². The summed E-state index contributed by atoms with van der Waals surface area (Å²) in [6.07, 6.45) is 0.776. The maximum absolute atomic E-state index is 12.9. The Kier molecular flexibility index (Phi) is 6.62. The minimum atomic E-state index is -0.920. The lowest BCUT2D eigenvalue weighted by Gasteiger charge is -2.23. The molecule has 1 aromatic heterocycles. The van der Waals surface area contributed by atoms with E-state index in [1.54, 1.807) is 24.3 Å². The smallest absolute Gasteiger partial charge is 0.257 e. The van der Waals surface area contributed by atoms with Gasteiger partial charge < -0.3 is 15.6 Å². The normalized spacial score (nSPS) is 15.1. The molecule has 3 aromatic rings. The van der Waals surface area contributed by atoms with Gasteiger partial charge in [-0.15, -0.1) is 0 Å². The van der Waals surface area contributed by atoms with Crippen molar-refractivity contribution in [1.82, 2.24) is 9.97 Å². The number of anilines is 2. The molecule has 0 saturated carbocycles. The number of thioether (sulfide) groups is 1. The van der Waals surface area contributed by atoms with E-state index in [4.69, 9.17) is 11.6 Å². The molecule has 1 atom stereocenters. The molecule has 0 fully saturated rings. The molecular weight excluding hydrogens is 448 g/mol. The van der Waals surface area contributed by atoms with Crippen LogP contribution in [0.5, 0.6) is 0 Å². The summed E-state index contributed by atoms with van der Waals surface area (Å²) in [6, 6.07) is 14.8. The van der Waals surface area contributed by atoms with Gasteiger partial charge in [-0.2, -0.15) is 0 Å². The van der Waals surface area contributed by atoms with Gasteiger partial charge in [0.25, 0.3) is 5.56 Å². The second-order valence-electron chi connectivity index (χ2n) is 7.39. The van der Waals surface area contributed by atoms with Gasteiger partial charge in [-0.3, -0.25) is 14.4 Å². The molecule has 32 heavy (non-hydrogen) atoms. The Labute approximate surface area is 194 Å². The summed E-state index contributed by atoms with van der Waals surface area (Å²) in [7, 11) is 0. The quantitative estimate of drug-likeness (QED) is 0.368. The minimum Gasteiger partial charge on any atom is -0.326 e. The lowest BCUT2D eigenvalue weighted by molar-refractivity contribution is -0.123. The third-order valence-corrected chi connectivity index (χ3v) is 6.36. The summed E-state index contributed by atoms with van der Waals surface area (Å²) in [4.78, 5) is 45.1. The van der Waals surface area contributed by atoms with Crippen molar-refractivity contribution in [1.29, 1.82) is 0 Å². The highest BCUT2D eigenvalue weighted by Gasteiger charge is 2.34. The average molecular weight is 469 g/mol. The van der Waals surface area contributed by atoms with E-state index in [0.29, 0.717) is 21.6 Å². The maximum atomic E-state index is 12.9. The van der Waals surface area contributed by atoms with Crippen LogP contribution in [-0.4, -0.2) is 21.8 Å². The first-order valence-corrected chi connectivity index (χ1v) is 11.5. The van der Waals surface area contributed by atoms with Crippen molar-refractivity contribution in [2.24, 2.45) is 0 Å². The van der Waals surface area contributed by atoms with Crippen LogP contribution in [0.4, 0.5) is 11.5 Å². The zero-order valence-corrected chi connectivity index (χ0v) is 18.8. The topological polar surface area (TPSA) is 104 Å². The fraction of sp³-hybridized carbons (Fsp3) is 0.217. The summed E-state index contributed by atoms with van der Waals surface area (Å²) in [5, 5.41) is 6.44. The summed E-state index contributed by atoms with van der Waals surface area (Å²) >= 11 is 7.23. The molecule has 0 aliphatic carbocycles. The van der Waals surface area contributed by atoms with Gasteiger partial charge in [0.05, 0.1) is 11.5 Å². The van der Waals surface area contributed by atoms with Gasteiger partial charge in [-0.25, -0.2) is 4.98 Å². The van der Waals surface area contributed by atoms with Crippen molar-refractivity contribution in [3.05, 3.63) is 80.6 Å². The Morgan fingerprint density at radius 3 is 2.50 bits per heavy atom. The second-order valence-corrected chi connectivity index (χ2v) is 8.79. The van der Waals surface area contributed by atoms with Gasteiger partial charge in [0.15, 0.2) is 5.16 Å². The molecule has 9 heteroatoms. The minimum absolute atomic E-state index is 0.117. The molecule has 2 heterocycles. The molecular formula is C23H21ClN4O3S. The standard InChI is InChI=1S/C23H21ClN4O3S/c1-2-13-5-9-16(10-6-13)25-21(30)17-11-18(29)26-20-19(17)22(31)28-23(27-20)32-12-14-3-7-15(24)8-4-14/h3-10,17H,2,11-12H2,1H3,(H,25,30)(H2,26,27,28,29,31). The monoisotopic (exact) mass is 468 g/mol. The third kappa shape index (κ3) is 5.03. The number of hydrogen-bond donors (Lipinski definition) is 3. The molecule has 4 rings (SSSR count). The summed E-state index contributed by atoms with van der Waals surface area (Å²) in [5.41, 5.74) is 2.50. The van der Waals surface area contributed by atoms with E-state index >= 15 is 0 Å². The zero-order chi connectivity index (χ0) is 22.7. The number of carbonyl (C=O) groups is 2. The van der Waals surface area contributed by atoms with Crippen LogP contribution in [0.3, 0.4) is 0 Å². The maximum Gasteiger partial charge on any atom is 0.257 e. The van der Waals surface area contributed by atoms with Gasteiger partial charge in [0.2, 0.25) is 11.8 Å². The molecule has 7 nitrogen and oxygen atoms in total. The SMILES string of the molecule is CCc1ccc(NC(=O)C2CC(=O)Nc3nc(SCc4ccc(Cl)cc4)[nH]c(=O)c32)cc1. The Morgan fingerprint density at radius 1 is 1.12 bits per heavy atom. The second kappa shape index (κ2) is 9.58. The molecule has 0 bridgehead atoms. The third-order valence-electron chi connectivity index (χ3n) is 5.16. The first-order chi connectivity index (χ1) is 15.4. The van der Waals surface area contributed by atoms with Crippen LogP contribution < -0.4 is 16.2 Å². The van der Waals surface area contributed by atoms with Crippen molar-refractivity contribution in [3.63, 3.8) is 0 Å². The number of H-pyrrole nitrogens is 1. The van der Waals surface area contributed by atoms with Gasteiger partial charge in [0.1, 0.15) is 5.82 Å². The van der Waals surface area contributed by atoms with E-state index in [2.05, 4.69) is 20.6 Å². The molecule has 0 saturated heterocycles. The summed E-state index contributed by atoms with van der Waals surface area (Å²) in [6.45, 7) is 2.05. The van der Waals surface area contributed by atoms with Crippen molar-refractivity contribution >= 4 is 46.7 Å². The molecule has 2 amide bonds. The number of fused-ring (bicyclic) bond motifs is 1. The first-order valence-electron chi connectivity index (χ1n) is 10.1. The van der Waals surface area contributed by atoms with Crippen LogP contribution in [0, 0.1) is 0 Å². The van der Waals surface area contributed by atoms with Gasteiger partial charge in [0, 0.05) is 22.9 Å². The van der Waals surface area contributed by atoms with Crippen LogP contribution in [-0.2, 0) is 21.8 Å². The fourth-order valence-electron chi connectivity index (χ4n) is 3.43. The molecule has 0 radical (unpaired) electrons. The van der Waals surface area contributed by atoms with E-state index in [1.807, 2.05) is 31.2 Å². The highest BCUT2D eigenvalue weighted by molar-refractivity contribution is 7.98. The van der Waals surface area contributed by atoms with E-state index < -0.39 is 17.4 Å². The number of nitrogens with zero attached hydrogens (tertiary/aromatic N) is 1. The Morgan fingerprint density at radius 2 is 1.81 bits per heavy atom. The Hall–Kier alpha value is -3.10. The van der Waals surface area contributed by atoms with E-state index in [1.165, 1.54) is 11.8 Å². The Bertz CT molecular complexity index is 1210. The number of aromatic nitrogens is 2. The number of benzene rings is 2.